The summed E-state index contributed by atoms with van der Waals surface area (Å²) in [5.74, 6) is 0. The third-order valence-corrected chi connectivity index (χ3v) is 3.33. The fourth-order valence-corrected chi connectivity index (χ4v) is 2.51. The van der Waals surface area contributed by atoms with E-state index in [9.17, 15) is 5.11 Å². The first-order valence-electron chi connectivity index (χ1n) is 6.22. The summed E-state index contributed by atoms with van der Waals surface area (Å²) < 4.78 is 1.11. The fourth-order valence-electron chi connectivity index (χ4n) is 2.10. The van der Waals surface area contributed by atoms with Crippen molar-refractivity contribution < 1.29 is 5.11 Å². The van der Waals surface area contributed by atoms with Crippen LogP contribution in [0.1, 0.15) is 45.2 Å². The molecule has 1 aromatic rings. The Hall–Kier alpha value is -0.380. The van der Waals surface area contributed by atoms with Crippen molar-refractivity contribution in [3.05, 3.63) is 34.3 Å². The maximum atomic E-state index is 9.38. The van der Waals surface area contributed by atoms with E-state index in [1.54, 1.807) is 0 Å². The van der Waals surface area contributed by atoms with Crippen molar-refractivity contribution in [1.29, 1.82) is 0 Å². The van der Waals surface area contributed by atoms with Crippen LogP contribution in [0.2, 0.25) is 0 Å². The molecule has 0 saturated carbocycles. The molecular formula is C14H22BrNO. The summed E-state index contributed by atoms with van der Waals surface area (Å²) in [7, 11) is 0. The summed E-state index contributed by atoms with van der Waals surface area (Å²) in [4.78, 5) is 0. The van der Waals surface area contributed by atoms with Crippen LogP contribution >= 0.6 is 15.9 Å². The highest BCUT2D eigenvalue weighted by Gasteiger charge is 2.13. The van der Waals surface area contributed by atoms with Gasteiger partial charge in [0, 0.05) is 16.6 Å². The van der Waals surface area contributed by atoms with Crippen molar-refractivity contribution in [1.82, 2.24) is 5.32 Å². The number of halogens is 1. The molecule has 0 saturated heterocycles. The monoisotopic (exact) mass is 299 g/mol. The number of hydrogen-bond acceptors (Lipinski definition) is 2. The van der Waals surface area contributed by atoms with Gasteiger partial charge >= 0.3 is 0 Å². The molecule has 0 aliphatic carbocycles. The van der Waals surface area contributed by atoms with Gasteiger partial charge in [0.15, 0.2) is 0 Å². The molecule has 0 bridgehead atoms. The molecule has 3 heteroatoms. The molecule has 0 aliphatic heterocycles. The van der Waals surface area contributed by atoms with E-state index in [1.165, 1.54) is 5.56 Å². The number of aliphatic hydroxyl groups is 1. The van der Waals surface area contributed by atoms with Crippen LogP contribution in [0.3, 0.4) is 0 Å². The topological polar surface area (TPSA) is 32.3 Å². The lowest BCUT2D eigenvalue weighted by Crippen LogP contribution is -2.32. The Balaban J connectivity index is 2.65. The highest BCUT2D eigenvalue weighted by molar-refractivity contribution is 9.10. The molecular weight excluding hydrogens is 278 g/mol. The van der Waals surface area contributed by atoms with Crippen LogP contribution in [0, 0.1) is 0 Å². The molecule has 0 heterocycles. The first kappa shape index (κ1) is 14.7. The van der Waals surface area contributed by atoms with Gasteiger partial charge < -0.3 is 10.4 Å². The first-order valence-corrected chi connectivity index (χ1v) is 7.01. The maximum absolute atomic E-state index is 9.38. The smallest absolute Gasteiger partial charge is 0.0526 e. The average Bonchev–Trinajstić information content (AvgIpc) is 2.24. The molecule has 3 atom stereocenters. The summed E-state index contributed by atoms with van der Waals surface area (Å²) in [5, 5.41) is 12.9. The minimum Gasteiger partial charge on any atom is -0.393 e. The fraction of sp³-hybridized carbons (Fsp3) is 0.571. The SMILES string of the molecule is CCC(NC(C)CC(C)O)c1cccc(Br)c1. The second kappa shape index (κ2) is 7.14. The Labute approximate surface area is 113 Å². The third kappa shape index (κ3) is 5.19. The quantitative estimate of drug-likeness (QED) is 0.840. The zero-order valence-corrected chi connectivity index (χ0v) is 12.4. The molecule has 3 unspecified atom stereocenters. The lowest BCUT2D eigenvalue weighted by atomic mass is 10.0. The van der Waals surface area contributed by atoms with E-state index >= 15 is 0 Å². The van der Waals surface area contributed by atoms with Crippen LogP contribution in [0.25, 0.3) is 0 Å². The van der Waals surface area contributed by atoms with Gasteiger partial charge in [-0.25, -0.2) is 0 Å². The molecule has 2 N–H and O–H groups in total. The van der Waals surface area contributed by atoms with Gasteiger partial charge in [-0.05, 0) is 44.4 Å². The van der Waals surface area contributed by atoms with Crippen molar-refractivity contribution >= 4 is 15.9 Å². The average molecular weight is 300 g/mol. The Morgan fingerprint density at radius 1 is 1.35 bits per heavy atom. The predicted molar refractivity (Wildman–Crippen MR) is 76.1 cm³/mol. The number of nitrogens with one attached hydrogen (secondary N) is 1. The van der Waals surface area contributed by atoms with Crippen molar-refractivity contribution in [2.75, 3.05) is 0 Å². The molecule has 96 valence electrons. The van der Waals surface area contributed by atoms with Gasteiger partial charge in [-0.3, -0.25) is 0 Å². The van der Waals surface area contributed by atoms with Gasteiger partial charge in [-0.1, -0.05) is 35.0 Å². The standard InChI is InChI=1S/C14H22BrNO/c1-4-14(16-10(2)8-11(3)17)12-6-5-7-13(15)9-12/h5-7,9-11,14,16-17H,4,8H2,1-3H3. The second-order valence-corrected chi connectivity index (χ2v) is 5.58. The van der Waals surface area contributed by atoms with Crippen LogP contribution in [-0.4, -0.2) is 17.3 Å². The largest absolute Gasteiger partial charge is 0.393 e. The van der Waals surface area contributed by atoms with Crippen molar-refractivity contribution in [2.45, 2.75) is 51.8 Å². The highest BCUT2D eigenvalue weighted by Crippen LogP contribution is 2.21. The number of rotatable bonds is 6. The Morgan fingerprint density at radius 2 is 2.06 bits per heavy atom. The van der Waals surface area contributed by atoms with E-state index in [-0.39, 0.29) is 6.10 Å². The summed E-state index contributed by atoms with van der Waals surface area (Å²) in [6.07, 6.45) is 1.57. The van der Waals surface area contributed by atoms with E-state index in [0.29, 0.717) is 12.1 Å². The summed E-state index contributed by atoms with van der Waals surface area (Å²) in [5.41, 5.74) is 1.29. The second-order valence-electron chi connectivity index (χ2n) is 4.67. The zero-order valence-electron chi connectivity index (χ0n) is 10.8. The molecule has 0 radical (unpaired) electrons. The van der Waals surface area contributed by atoms with E-state index in [0.717, 1.165) is 17.3 Å². The van der Waals surface area contributed by atoms with E-state index < -0.39 is 0 Å². The molecule has 0 aliphatic rings. The van der Waals surface area contributed by atoms with Gasteiger partial charge in [0.05, 0.1) is 6.10 Å². The zero-order chi connectivity index (χ0) is 12.8. The number of aliphatic hydroxyl groups excluding tert-OH is 1. The molecule has 0 aromatic heterocycles. The molecule has 1 rings (SSSR count). The number of benzene rings is 1. The first-order chi connectivity index (χ1) is 8.02. The van der Waals surface area contributed by atoms with Crippen molar-refractivity contribution in [3.63, 3.8) is 0 Å². The highest BCUT2D eigenvalue weighted by atomic mass is 79.9. The van der Waals surface area contributed by atoms with E-state index in [4.69, 9.17) is 0 Å². The normalized spacial score (nSPS) is 16.5. The minimum atomic E-state index is -0.252. The van der Waals surface area contributed by atoms with Crippen molar-refractivity contribution in [3.8, 4) is 0 Å². The van der Waals surface area contributed by atoms with Crippen molar-refractivity contribution in [2.24, 2.45) is 0 Å². The molecule has 0 fully saturated rings. The molecule has 0 spiro atoms. The molecule has 17 heavy (non-hydrogen) atoms. The summed E-state index contributed by atoms with van der Waals surface area (Å²) in [6, 6.07) is 9.05. The Bertz CT molecular complexity index is 341. The lowest BCUT2D eigenvalue weighted by Gasteiger charge is -2.23. The summed E-state index contributed by atoms with van der Waals surface area (Å²) >= 11 is 3.50. The van der Waals surface area contributed by atoms with Crippen LogP contribution in [0.15, 0.2) is 28.7 Å². The van der Waals surface area contributed by atoms with Crippen LogP contribution < -0.4 is 5.32 Å². The number of hydrogen-bond donors (Lipinski definition) is 2. The van der Waals surface area contributed by atoms with Crippen LogP contribution in [-0.2, 0) is 0 Å². The molecule has 1 aromatic carbocycles. The molecule has 0 amide bonds. The third-order valence-electron chi connectivity index (χ3n) is 2.84. The van der Waals surface area contributed by atoms with E-state index in [2.05, 4.69) is 53.3 Å². The van der Waals surface area contributed by atoms with Gasteiger partial charge in [-0.15, -0.1) is 0 Å². The van der Waals surface area contributed by atoms with Crippen LogP contribution in [0.4, 0.5) is 0 Å². The molecule has 2 nitrogen and oxygen atoms in total. The van der Waals surface area contributed by atoms with Crippen LogP contribution in [0.5, 0.6) is 0 Å². The van der Waals surface area contributed by atoms with Gasteiger partial charge in [-0.2, -0.15) is 0 Å². The maximum Gasteiger partial charge on any atom is 0.0526 e. The lowest BCUT2D eigenvalue weighted by molar-refractivity contribution is 0.167. The Kier molecular flexibility index (Phi) is 6.17. The van der Waals surface area contributed by atoms with E-state index in [1.807, 2.05) is 13.0 Å². The summed E-state index contributed by atoms with van der Waals surface area (Å²) in [6.45, 7) is 6.12. The Morgan fingerprint density at radius 3 is 2.59 bits per heavy atom. The van der Waals surface area contributed by atoms with Gasteiger partial charge in [0.2, 0.25) is 0 Å². The predicted octanol–water partition coefficient (Wildman–Crippen LogP) is 3.65. The van der Waals surface area contributed by atoms with Gasteiger partial charge in [0.25, 0.3) is 0 Å². The van der Waals surface area contributed by atoms with Gasteiger partial charge in [0.1, 0.15) is 0 Å². The minimum absolute atomic E-state index is 0.252.